The minimum absolute atomic E-state index is 0.165. The fraction of sp³-hybridized carbons (Fsp3) is 0.778. The van der Waals surface area contributed by atoms with Crippen LogP contribution in [0.4, 0.5) is 0 Å². The Kier molecular flexibility index (Phi) is 2.68. The van der Waals surface area contributed by atoms with Gasteiger partial charge in [-0.3, -0.25) is 0 Å². The Balaban J connectivity index is 2.63. The minimum atomic E-state index is 0.165. The summed E-state index contributed by atoms with van der Waals surface area (Å²) in [6.07, 6.45) is 3.40. The molecule has 2 heteroatoms. The second-order valence-electron chi connectivity index (χ2n) is 3.60. The summed E-state index contributed by atoms with van der Waals surface area (Å²) in [5.41, 5.74) is 13.0. The molecule has 0 aromatic rings. The molecule has 0 aliphatic heterocycles. The van der Waals surface area contributed by atoms with Crippen molar-refractivity contribution in [2.45, 2.75) is 38.3 Å². The standard InChI is InChI=1S/C9H18N2/c1-6-4-3-5-8(11)9(6)7(2)10/h7-9H,1,3-5,10-11H2,2H3. The summed E-state index contributed by atoms with van der Waals surface area (Å²) in [6.45, 7) is 6.02. The van der Waals surface area contributed by atoms with Crippen molar-refractivity contribution < 1.29 is 0 Å². The van der Waals surface area contributed by atoms with Crippen molar-refractivity contribution in [1.29, 1.82) is 0 Å². The van der Waals surface area contributed by atoms with E-state index in [1.165, 1.54) is 12.0 Å². The number of nitrogens with two attached hydrogens (primary N) is 2. The van der Waals surface area contributed by atoms with Crippen LogP contribution in [0.25, 0.3) is 0 Å². The normalized spacial score (nSPS) is 35.4. The highest BCUT2D eigenvalue weighted by Crippen LogP contribution is 2.28. The van der Waals surface area contributed by atoms with Crippen molar-refractivity contribution in [3.63, 3.8) is 0 Å². The van der Waals surface area contributed by atoms with E-state index in [0.29, 0.717) is 5.92 Å². The molecule has 1 saturated carbocycles. The molecule has 0 aromatic carbocycles. The van der Waals surface area contributed by atoms with Gasteiger partial charge in [-0.05, 0) is 26.2 Å². The highest BCUT2D eigenvalue weighted by atomic mass is 14.7. The molecular weight excluding hydrogens is 136 g/mol. The summed E-state index contributed by atoms with van der Waals surface area (Å²) < 4.78 is 0. The van der Waals surface area contributed by atoms with Gasteiger partial charge < -0.3 is 11.5 Å². The van der Waals surface area contributed by atoms with Gasteiger partial charge in [0.05, 0.1) is 0 Å². The summed E-state index contributed by atoms with van der Waals surface area (Å²) in [7, 11) is 0. The third kappa shape index (κ3) is 1.82. The first-order valence-electron chi connectivity index (χ1n) is 4.31. The highest BCUT2D eigenvalue weighted by molar-refractivity contribution is 5.10. The Morgan fingerprint density at radius 2 is 2.27 bits per heavy atom. The third-order valence-electron chi connectivity index (χ3n) is 2.53. The first-order chi connectivity index (χ1) is 5.13. The maximum atomic E-state index is 5.93. The van der Waals surface area contributed by atoms with E-state index in [1.807, 2.05) is 6.92 Å². The van der Waals surface area contributed by atoms with Crippen LogP contribution in [0.3, 0.4) is 0 Å². The van der Waals surface area contributed by atoms with Crippen LogP contribution in [-0.2, 0) is 0 Å². The fourth-order valence-corrected chi connectivity index (χ4v) is 1.98. The second kappa shape index (κ2) is 3.37. The molecule has 1 fully saturated rings. The Morgan fingerprint density at radius 1 is 1.64 bits per heavy atom. The van der Waals surface area contributed by atoms with Crippen molar-refractivity contribution in [3.8, 4) is 0 Å². The lowest BCUT2D eigenvalue weighted by molar-refractivity contribution is 0.347. The van der Waals surface area contributed by atoms with Gasteiger partial charge in [0.25, 0.3) is 0 Å². The maximum absolute atomic E-state index is 5.93. The molecule has 0 saturated heterocycles. The molecule has 0 aromatic heterocycles. The zero-order chi connectivity index (χ0) is 8.43. The van der Waals surface area contributed by atoms with Crippen LogP contribution in [0, 0.1) is 5.92 Å². The summed E-state index contributed by atoms with van der Waals surface area (Å²) in [5, 5.41) is 0. The quantitative estimate of drug-likeness (QED) is 0.554. The Bertz CT molecular complexity index is 152. The molecule has 1 aliphatic carbocycles. The molecule has 0 spiro atoms. The predicted molar refractivity (Wildman–Crippen MR) is 48.1 cm³/mol. The van der Waals surface area contributed by atoms with Gasteiger partial charge >= 0.3 is 0 Å². The minimum Gasteiger partial charge on any atom is -0.327 e. The van der Waals surface area contributed by atoms with Crippen molar-refractivity contribution >= 4 is 0 Å². The second-order valence-corrected chi connectivity index (χ2v) is 3.60. The topological polar surface area (TPSA) is 52.0 Å². The van der Waals surface area contributed by atoms with Crippen LogP contribution in [0.2, 0.25) is 0 Å². The van der Waals surface area contributed by atoms with Gasteiger partial charge in [0.2, 0.25) is 0 Å². The summed E-state index contributed by atoms with van der Waals surface area (Å²) >= 11 is 0. The van der Waals surface area contributed by atoms with Crippen LogP contribution >= 0.6 is 0 Å². The van der Waals surface area contributed by atoms with E-state index in [0.717, 1.165) is 12.8 Å². The smallest absolute Gasteiger partial charge is 0.0119 e. The average molecular weight is 154 g/mol. The van der Waals surface area contributed by atoms with Gasteiger partial charge in [0, 0.05) is 18.0 Å². The van der Waals surface area contributed by atoms with Crippen LogP contribution < -0.4 is 11.5 Å². The monoisotopic (exact) mass is 154 g/mol. The zero-order valence-corrected chi connectivity index (χ0v) is 7.22. The Labute approximate surface area is 68.6 Å². The SMILES string of the molecule is C=C1CCCC(N)C1C(C)N. The average Bonchev–Trinajstić information content (AvgIpc) is 1.85. The van der Waals surface area contributed by atoms with Gasteiger partial charge in [0.1, 0.15) is 0 Å². The number of hydrogen-bond donors (Lipinski definition) is 2. The van der Waals surface area contributed by atoms with E-state index in [1.54, 1.807) is 0 Å². The van der Waals surface area contributed by atoms with Crippen LogP contribution in [0.5, 0.6) is 0 Å². The number of rotatable bonds is 1. The van der Waals surface area contributed by atoms with Crippen molar-refractivity contribution in [3.05, 3.63) is 12.2 Å². The lowest BCUT2D eigenvalue weighted by atomic mass is 9.78. The van der Waals surface area contributed by atoms with E-state index in [9.17, 15) is 0 Å². The molecule has 3 atom stereocenters. The molecule has 11 heavy (non-hydrogen) atoms. The third-order valence-corrected chi connectivity index (χ3v) is 2.53. The van der Waals surface area contributed by atoms with Gasteiger partial charge in [-0.2, -0.15) is 0 Å². The first-order valence-corrected chi connectivity index (χ1v) is 4.31. The molecule has 0 bridgehead atoms. The summed E-state index contributed by atoms with van der Waals surface area (Å²) in [4.78, 5) is 0. The maximum Gasteiger partial charge on any atom is 0.0119 e. The molecule has 4 N–H and O–H groups in total. The molecule has 0 radical (unpaired) electrons. The van der Waals surface area contributed by atoms with Gasteiger partial charge in [-0.25, -0.2) is 0 Å². The van der Waals surface area contributed by atoms with E-state index >= 15 is 0 Å². The largest absolute Gasteiger partial charge is 0.327 e. The lowest BCUT2D eigenvalue weighted by Crippen LogP contribution is -2.43. The molecule has 1 rings (SSSR count). The van der Waals surface area contributed by atoms with Crippen molar-refractivity contribution in [2.24, 2.45) is 17.4 Å². The predicted octanol–water partition coefficient (Wildman–Crippen LogP) is 1.02. The molecule has 0 heterocycles. The van der Waals surface area contributed by atoms with Crippen molar-refractivity contribution in [1.82, 2.24) is 0 Å². The van der Waals surface area contributed by atoms with Crippen LogP contribution in [0.1, 0.15) is 26.2 Å². The van der Waals surface area contributed by atoms with Crippen molar-refractivity contribution in [2.75, 3.05) is 0 Å². The highest BCUT2D eigenvalue weighted by Gasteiger charge is 2.27. The molecule has 3 unspecified atom stereocenters. The van der Waals surface area contributed by atoms with E-state index in [4.69, 9.17) is 11.5 Å². The molecular formula is C9H18N2. The summed E-state index contributed by atoms with van der Waals surface area (Å²) in [5.74, 6) is 0.351. The van der Waals surface area contributed by atoms with E-state index in [-0.39, 0.29) is 12.1 Å². The van der Waals surface area contributed by atoms with Gasteiger partial charge in [0.15, 0.2) is 0 Å². The Hall–Kier alpha value is -0.340. The number of hydrogen-bond acceptors (Lipinski definition) is 2. The van der Waals surface area contributed by atoms with Crippen LogP contribution in [0.15, 0.2) is 12.2 Å². The van der Waals surface area contributed by atoms with Gasteiger partial charge in [-0.15, -0.1) is 0 Å². The first kappa shape index (κ1) is 8.75. The lowest BCUT2D eigenvalue weighted by Gasteiger charge is -2.33. The fourth-order valence-electron chi connectivity index (χ4n) is 1.98. The molecule has 1 aliphatic rings. The van der Waals surface area contributed by atoms with Crippen LogP contribution in [-0.4, -0.2) is 12.1 Å². The van der Waals surface area contributed by atoms with E-state index < -0.39 is 0 Å². The zero-order valence-electron chi connectivity index (χ0n) is 7.22. The van der Waals surface area contributed by atoms with E-state index in [2.05, 4.69) is 6.58 Å². The Morgan fingerprint density at radius 3 is 2.64 bits per heavy atom. The molecule has 2 nitrogen and oxygen atoms in total. The summed E-state index contributed by atoms with van der Waals surface area (Å²) in [6, 6.07) is 0.411. The van der Waals surface area contributed by atoms with Gasteiger partial charge in [-0.1, -0.05) is 12.2 Å². The molecule has 0 amide bonds. The molecule has 64 valence electrons.